The zero-order valence-electron chi connectivity index (χ0n) is 8.52. The van der Waals surface area contributed by atoms with Gasteiger partial charge in [-0.05, 0) is 0 Å². The molecule has 2 aromatic heterocycles. The van der Waals surface area contributed by atoms with Crippen LogP contribution in [-0.2, 0) is 13.2 Å². The normalized spacial score (nSPS) is 11.8. The Morgan fingerprint density at radius 1 is 1.47 bits per heavy atom. The van der Waals surface area contributed by atoms with E-state index >= 15 is 0 Å². The largest absolute Gasteiger partial charge is 0.435 e. The first-order valence-corrected chi connectivity index (χ1v) is 5.25. The summed E-state index contributed by atoms with van der Waals surface area (Å²) in [5, 5.41) is 3.50. The lowest BCUT2D eigenvalue weighted by molar-refractivity contribution is -0.140. The average molecular weight is 261 g/mol. The topological polar surface area (TPSA) is 47.8 Å². The number of hydrogen-bond donors (Lipinski definition) is 0. The van der Waals surface area contributed by atoms with E-state index in [0.717, 1.165) is 16.0 Å². The van der Waals surface area contributed by atoms with Gasteiger partial charge in [0.05, 0.1) is 10.4 Å². The van der Waals surface area contributed by atoms with E-state index in [4.69, 9.17) is 0 Å². The van der Waals surface area contributed by atoms with Crippen molar-refractivity contribution in [3.8, 4) is 10.6 Å². The van der Waals surface area contributed by atoms with E-state index in [-0.39, 0.29) is 15.4 Å². The maximum atomic E-state index is 12.7. The van der Waals surface area contributed by atoms with Crippen LogP contribution in [0.4, 0.5) is 13.2 Å². The number of alkyl halides is 3. The summed E-state index contributed by atoms with van der Waals surface area (Å²) in [6.07, 6.45) is -1.52. The Morgan fingerprint density at radius 3 is 2.71 bits per heavy atom. The third kappa shape index (κ3) is 2.21. The highest BCUT2D eigenvalue weighted by molar-refractivity contribution is 7.16. The van der Waals surface area contributed by atoms with E-state index in [1.807, 2.05) is 0 Å². The Morgan fingerprint density at radius 2 is 2.18 bits per heavy atom. The second kappa shape index (κ2) is 3.95. The van der Waals surface area contributed by atoms with Crippen molar-refractivity contribution in [3.05, 3.63) is 23.0 Å². The third-order valence-corrected chi connectivity index (χ3v) is 2.92. The average Bonchev–Trinajstić information content (AvgIpc) is 2.81. The summed E-state index contributed by atoms with van der Waals surface area (Å²) in [6.45, 7) is 0. The predicted molar refractivity (Wildman–Crippen MR) is 54.7 cm³/mol. The van der Waals surface area contributed by atoms with Crippen molar-refractivity contribution in [2.75, 3.05) is 0 Å². The predicted octanol–water partition coefficient (Wildman–Crippen LogP) is 2.37. The molecule has 0 saturated carbocycles. The van der Waals surface area contributed by atoms with E-state index in [1.54, 1.807) is 0 Å². The molecular weight excluding hydrogens is 255 g/mol. The van der Waals surface area contributed by atoms with Crippen molar-refractivity contribution in [1.82, 2.24) is 14.8 Å². The Bertz CT molecular complexity index is 558. The summed E-state index contributed by atoms with van der Waals surface area (Å²) in [7, 11) is 1.40. The number of aryl methyl sites for hydroxylation is 1. The number of nitrogens with zero attached hydrogens (tertiary/aromatic N) is 3. The maximum Gasteiger partial charge on any atom is 0.435 e. The fraction of sp³-hybridized carbons (Fsp3) is 0.222. The Kier molecular flexibility index (Phi) is 2.74. The van der Waals surface area contributed by atoms with Crippen molar-refractivity contribution < 1.29 is 18.0 Å². The molecule has 0 aromatic carbocycles. The van der Waals surface area contributed by atoms with E-state index < -0.39 is 11.9 Å². The number of hydrogen-bond acceptors (Lipinski definition) is 4. The van der Waals surface area contributed by atoms with Gasteiger partial charge in [-0.25, -0.2) is 4.98 Å². The fourth-order valence-electron chi connectivity index (χ4n) is 1.32. The van der Waals surface area contributed by atoms with Gasteiger partial charge in [0.25, 0.3) is 0 Å². The van der Waals surface area contributed by atoms with Gasteiger partial charge in [-0.2, -0.15) is 18.3 Å². The van der Waals surface area contributed by atoms with Gasteiger partial charge in [0.2, 0.25) is 0 Å². The van der Waals surface area contributed by atoms with Crippen molar-refractivity contribution >= 4 is 17.6 Å². The molecule has 0 N–H and O–H groups in total. The minimum atomic E-state index is -4.54. The maximum absolute atomic E-state index is 12.7. The summed E-state index contributed by atoms with van der Waals surface area (Å²) >= 11 is 0.897. The lowest BCUT2D eigenvalue weighted by Crippen LogP contribution is -2.08. The van der Waals surface area contributed by atoms with E-state index in [0.29, 0.717) is 6.29 Å². The molecule has 8 heteroatoms. The van der Waals surface area contributed by atoms with Crippen molar-refractivity contribution in [1.29, 1.82) is 0 Å². The van der Waals surface area contributed by atoms with Crippen LogP contribution in [0.1, 0.15) is 15.4 Å². The summed E-state index contributed by atoms with van der Waals surface area (Å²) < 4.78 is 39.1. The second-order valence-electron chi connectivity index (χ2n) is 3.25. The van der Waals surface area contributed by atoms with Crippen molar-refractivity contribution in [2.24, 2.45) is 7.05 Å². The van der Waals surface area contributed by atoms with Crippen LogP contribution in [0.15, 0.2) is 12.4 Å². The van der Waals surface area contributed by atoms with Crippen LogP contribution in [0.25, 0.3) is 10.6 Å². The molecule has 2 rings (SSSR count). The molecule has 0 amide bonds. The van der Waals surface area contributed by atoms with Crippen LogP contribution in [0.5, 0.6) is 0 Å². The van der Waals surface area contributed by atoms with Crippen LogP contribution in [0.3, 0.4) is 0 Å². The standard InChI is InChI=1S/C9H6F3N3OS/c1-15-3-6(7(14-15)9(10,11)12)8-13-2-5(4-16)17-8/h2-4H,1H3. The van der Waals surface area contributed by atoms with Crippen molar-refractivity contribution in [3.63, 3.8) is 0 Å². The lowest BCUT2D eigenvalue weighted by atomic mass is 10.2. The minimum absolute atomic E-state index is 0.113. The molecule has 0 aliphatic rings. The van der Waals surface area contributed by atoms with Gasteiger partial charge in [-0.1, -0.05) is 0 Å². The highest BCUT2D eigenvalue weighted by Gasteiger charge is 2.38. The first-order valence-electron chi connectivity index (χ1n) is 4.44. The molecule has 0 bridgehead atoms. The van der Waals surface area contributed by atoms with Gasteiger partial charge < -0.3 is 0 Å². The highest BCUT2D eigenvalue weighted by atomic mass is 32.1. The van der Waals surface area contributed by atoms with E-state index in [1.165, 1.54) is 19.4 Å². The SMILES string of the molecule is Cn1cc(-c2ncc(C=O)s2)c(C(F)(F)F)n1. The molecule has 0 spiro atoms. The Labute approximate surface area is 97.7 Å². The Hall–Kier alpha value is -1.70. The van der Waals surface area contributed by atoms with Gasteiger partial charge in [0.1, 0.15) is 5.01 Å². The number of carbonyl (C=O) groups is 1. The number of aldehydes is 1. The molecule has 4 nitrogen and oxygen atoms in total. The van der Waals surface area contributed by atoms with Crippen LogP contribution in [0, 0.1) is 0 Å². The molecule has 17 heavy (non-hydrogen) atoms. The molecule has 0 unspecified atom stereocenters. The van der Waals surface area contributed by atoms with Crippen LogP contribution in [-0.4, -0.2) is 21.1 Å². The number of rotatable bonds is 2. The Balaban J connectivity index is 2.55. The lowest BCUT2D eigenvalue weighted by Gasteiger charge is -2.03. The van der Waals surface area contributed by atoms with Gasteiger partial charge in [0.15, 0.2) is 12.0 Å². The van der Waals surface area contributed by atoms with Gasteiger partial charge in [0, 0.05) is 19.4 Å². The summed E-state index contributed by atoms with van der Waals surface area (Å²) in [6, 6.07) is 0. The number of carbonyl (C=O) groups excluding carboxylic acids is 1. The summed E-state index contributed by atoms with van der Waals surface area (Å²) in [5.41, 5.74) is -1.11. The molecular formula is C9H6F3N3OS. The minimum Gasteiger partial charge on any atom is -0.297 e. The first kappa shape index (κ1) is 11.8. The fourth-order valence-corrected chi connectivity index (χ4v) is 2.06. The van der Waals surface area contributed by atoms with Gasteiger partial charge in [-0.3, -0.25) is 9.48 Å². The molecule has 0 atom stereocenters. The molecule has 0 radical (unpaired) electrons. The summed E-state index contributed by atoms with van der Waals surface area (Å²) in [4.78, 5) is 14.5. The van der Waals surface area contributed by atoms with Crippen LogP contribution < -0.4 is 0 Å². The highest BCUT2D eigenvalue weighted by Crippen LogP contribution is 2.37. The monoisotopic (exact) mass is 261 g/mol. The smallest absolute Gasteiger partial charge is 0.297 e. The van der Waals surface area contributed by atoms with E-state index in [9.17, 15) is 18.0 Å². The first-order chi connectivity index (χ1) is 7.91. The zero-order valence-corrected chi connectivity index (χ0v) is 9.34. The van der Waals surface area contributed by atoms with E-state index in [2.05, 4.69) is 10.1 Å². The number of halogens is 3. The van der Waals surface area contributed by atoms with Crippen LogP contribution in [0.2, 0.25) is 0 Å². The molecule has 0 saturated heterocycles. The number of aromatic nitrogens is 3. The molecule has 2 heterocycles. The molecule has 90 valence electrons. The van der Waals surface area contributed by atoms with Gasteiger partial charge in [-0.15, -0.1) is 11.3 Å². The molecule has 0 aliphatic heterocycles. The number of thiazole rings is 1. The molecule has 0 fully saturated rings. The zero-order chi connectivity index (χ0) is 12.6. The van der Waals surface area contributed by atoms with Gasteiger partial charge >= 0.3 is 6.18 Å². The van der Waals surface area contributed by atoms with Crippen molar-refractivity contribution in [2.45, 2.75) is 6.18 Å². The molecule has 2 aromatic rings. The quantitative estimate of drug-likeness (QED) is 0.780. The summed E-state index contributed by atoms with van der Waals surface area (Å²) in [5.74, 6) is 0. The van der Waals surface area contributed by atoms with Crippen LogP contribution >= 0.6 is 11.3 Å². The second-order valence-corrected chi connectivity index (χ2v) is 4.31. The third-order valence-electron chi connectivity index (χ3n) is 1.97. The molecule has 0 aliphatic carbocycles.